The van der Waals surface area contributed by atoms with Crippen molar-refractivity contribution in [3.63, 3.8) is 0 Å². The van der Waals surface area contributed by atoms with E-state index in [4.69, 9.17) is 4.74 Å². The molecule has 5 nitrogen and oxygen atoms in total. The van der Waals surface area contributed by atoms with Crippen molar-refractivity contribution in [2.45, 2.75) is 6.54 Å². The van der Waals surface area contributed by atoms with Crippen molar-refractivity contribution in [2.75, 3.05) is 12.0 Å². The summed E-state index contributed by atoms with van der Waals surface area (Å²) in [6, 6.07) is 20.6. The topological polar surface area (TPSA) is 55.3 Å². The van der Waals surface area contributed by atoms with Crippen molar-refractivity contribution in [2.24, 2.45) is 0 Å². The number of rotatable bonds is 5. The number of aromatic nitrogens is 2. The van der Waals surface area contributed by atoms with Crippen molar-refractivity contribution in [1.82, 2.24) is 9.97 Å². The molecular weight excluding hydrogens is 358 g/mol. The minimum atomic E-state index is -0.104. The van der Waals surface area contributed by atoms with Gasteiger partial charge in [0.1, 0.15) is 5.75 Å². The number of benzene rings is 2. The van der Waals surface area contributed by atoms with Gasteiger partial charge in [0.25, 0.3) is 5.91 Å². The Hall–Kier alpha value is -3.25. The molecule has 2 heterocycles. The summed E-state index contributed by atoms with van der Waals surface area (Å²) in [5.74, 6) is 0.663. The molecule has 4 rings (SSSR count). The first-order valence-electron chi connectivity index (χ1n) is 8.46. The van der Waals surface area contributed by atoms with Gasteiger partial charge in [0.15, 0.2) is 5.13 Å². The molecule has 0 atom stereocenters. The van der Waals surface area contributed by atoms with Gasteiger partial charge in [-0.15, -0.1) is 0 Å². The number of amides is 1. The van der Waals surface area contributed by atoms with Crippen LogP contribution in [0, 0.1) is 0 Å². The Kier molecular flexibility index (Phi) is 4.80. The van der Waals surface area contributed by atoms with Gasteiger partial charge in [0, 0.05) is 11.8 Å². The summed E-state index contributed by atoms with van der Waals surface area (Å²) in [7, 11) is 1.63. The predicted octanol–water partition coefficient (Wildman–Crippen LogP) is 4.55. The Labute approximate surface area is 160 Å². The standard InChI is InChI=1S/C21H17N3O2S/c1-26-17-10-11-18-19(13-17)27-21(23-18)24(14-16-9-5-6-12-22-16)20(25)15-7-3-2-4-8-15/h2-13H,14H2,1H3. The number of thiazole rings is 1. The van der Waals surface area contributed by atoms with E-state index in [9.17, 15) is 4.79 Å². The van der Waals surface area contributed by atoms with Crippen LogP contribution in [0.5, 0.6) is 5.75 Å². The predicted molar refractivity (Wildman–Crippen MR) is 107 cm³/mol. The maximum Gasteiger partial charge on any atom is 0.260 e. The summed E-state index contributed by atoms with van der Waals surface area (Å²) in [6.07, 6.45) is 1.73. The number of fused-ring (bicyclic) bond motifs is 1. The highest BCUT2D eigenvalue weighted by Crippen LogP contribution is 2.32. The molecule has 0 spiro atoms. The average Bonchev–Trinajstić information content (AvgIpc) is 3.15. The zero-order valence-electron chi connectivity index (χ0n) is 14.7. The van der Waals surface area contributed by atoms with Crippen LogP contribution in [0.3, 0.4) is 0 Å². The second-order valence-corrected chi connectivity index (χ2v) is 6.92. The maximum absolute atomic E-state index is 13.2. The molecule has 4 aromatic rings. The first-order chi connectivity index (χ1) is 13.2. The van der Waals surface area contributed by atoms with Crippen LogP contribution in [-0.2, 0) is 6.54 Å². The summed E-state index contributed by atoms with van der Waals surface area (Å²) in [5.41, 5.74) is 2.26. The lowest BCUT2D eigenvalue weighted by atomic mass is 10.2. The molecule has 0 aliphatic carbocycles. The van der Waals surface area contributed by atoms with E-state index in [-0.39, 0.29) is 5.91 Å². The molecule has 0 fully saturated rings. The average molecular weight is 375 g/mol. The SMILES string of the molecule is COc1ccc2nc(N(Cc3ccccn3)C(=O)c3ccccc3)sc2c1. The summed E-state index contributed by atoms with van der Waals surface area (Å²) < 4.78 is 6.26. The summed E-state index contributed by atoms with van der Waals surface area (Å²) in [5, 5.41) is 0.637. The highest BCUT2D eigenvalue weighted by molar-refractivity contribution is 7.22. The summed E-state index contributed by atoms with van der Waals surface area (Å²) >= 11 is 1.46. The Morgan fingerprint density at radius 1 is 1.07 bits per heavy atom. The smallest absolute Gasteiger partial charge is 0.260 e. The minimum Gasteiger partial charge on any atom is -0.497 e. The number of hydrogen-bond acceptors (Lipinski definition) is 5. The van der Waals surface area contributed by atoms with Gasteiger partial charge < -0.3 is 4.74 Å². The molecule has 0 bridgehead atoms. The van der Waals surface area contributed by atoms with Gasteiger partial charge in [-0.3, -0.25) is 14.7 Å². The van der Waals surface area contributed by atoms with Gasteiger partial charge in [-0.1, -0.05) is 35.6 Å². The normalized spacial score (nSPS) is 10.7. The molecule has 0 aliphatic heterocycles. The Morgan fingerprint density at radius 2 is 1.89 bits per heavy atom. The van der Waals surface area contributed by atoms with Gasteiger partial charge in [-0.05, 0) is 42.5 Å². The second kappa shape index (κ2) is 7.55. The van der Waals surface area contributed by atoms with Crippen LogP contribution >= 0.6 is 11.3 Å². The largest absolute Gasteiger partial charge is 0.497 e. The molecule has 6 heteroatoms. The number of hydrogen-bond donors (Lipinski definition) is 0. The van der Waals surface area contributed by atoms with E-state index in [0.717, 1.165) is 21.7 Å². The lowest BCUT2D eigenvalue weighted by molar-refractivity contribution is 0.0985. The molecule has 2 aromatic heterocycles. The van der Waals surface area contributed by atoms with Crippen LogP contribution in [0.2, 0.25) is 0 Å². The fourth-order valence-electron chi connectivity index (χ4n) is 2.75. The van der Waals surface area contributed by atoms with E-state index in [0.29, 0.717) is 17.2 Å². The van der Waals surface area contributed by atoms with Gasteiger partial charge in [0.2, 0.25) is 0 Å². The van der Waals surface area contributed by atoms with Crippen molar-refractivity contribution < 1.29 is 9.53 Å². The molecule has 1 amide bonds. The molecule has 0 unspecified atom stereocenters. The van der Waals surface area contributed by atoms with E-state index < -0.39 is 0 Å². The number of methoxy groups -OCH3 is 1. The molecule has 27 heavy (non-hydrogen) atoms. The maximum atomic E-state index is 13.2. The van der Waals surface area contributed by atoms with Crippen molar-refractivity contribution in [3.05, 3.63) is 84.2 Å². The van der Waals surface area contributed by atoms with Gasteiger partial charge in [0.05, 0.1) is 29.6 Å². The molecule has 0 radical (unpaired) electrons. The zero-order chi connectivity index (χ0) is 18.6. The van der Waals surface area contributed by atoms with Crippen LogP contribution in [0.1, 0.15) is 16.1 Å². The van der Waals surface area contributed by atoms with Crippen molar-refractivity contribution in [3.8, 4) is 5.75 Å². The third-order valence-corrected chi connectivity index (χ3v) is 5.17. The van der Waals surface area contributed by atoms with Crippen molar-refractivity contribution >= 4 is 32.6 Å². The Bertz CT molecular complexity index is 1060. The molecule has 0 saturated heterocycles. The number of carbonyl (C=O) groups excluding carboxylic acids is 1. The van der Waals surface area contributed by atoms with E-state index in [1.165, 1.54) is 11.3 Å². The number of carbonyl (C=O) groups is 1. The van der Waals surface area contributed by atoms with Crippen LogP contribution < -0.4 is 9.64 Å². The lowest BCUT2D eigenvalue weighted by Crippen LogP contribution is -2.30. The highest BCUT2D eigenvalue weighted by Gasteiger charge is 2.22. The van der Waals surface area contributed by atoms with E-state index in [1.807, 2.05) is 66.7 Å². The van der Waals surface area contributed by atoms with E-state index >= 15 is 0 Å². The fourth-order valence-corrected chi connectivity index (χ4v) is 3.74. The Morgan fingerprint density at radius 3 is 2.63 bits per heavy atom. The third kappa shape index (κ3) is 3.66. The van der Waals surface area contributed by atoms with Gasteiger partial charge in [-0.2, -0.15) is 0 Å². The third-order valence-electron chi connectivity index (χ3n) is 4.13. The van der Waals surface area contributed by atoms with Gasteiger partial charge in [-0.25, -0.2) is 4.98 Å². The van der Waals surface area contributed by atoms with Crippen LogP contribution in [0.15, 0.2) is 72.9 Å². The number of nitrogens with zero attached hydrogens (tertiary/aromatic N) is 3. The molecule has 0 N–H and O–H groups in total. The number of anilines is 1. The quantitative estimate of drug-likeness (QED) is 0.514. The van der Waals surface area contributed by atoms with Crippen LogP contribution in [0.4, 0.5) is 5.13 Å². The second-order valence-electron chi connectivity index (χ2n) is 5.91. The Balaban J connectivity index is 1.76. The van der Waals surface area contributed by atoms with Gasteiger partial charge >= 0.3 is 0 Å². The van der Waals surface area contributed by atoms with E-state index in [1.54, 1.807) is 18.2 Å². The summed E-state index contributed by atoms with van der Waals surface area (Å²) in [6.45, 7) is 0.353. The fraction of sp³-hybridized carbons (Fsp3) is 0.0952. The molecule has 0 saturated carbocycles. The van der Waals surface area contributed by atoms with E-state index in [2.05, 4.69) is 9.97 Å². The van der Waals surface area contributed by atoms with Crippen molar-refractivity contribution in [1.29, 1.82) is 0 Å². The molecule has 0 aliphatic rings. The van der Waals surface area contributed by atoms with Crippen LogP contribution in [-0.4, -0.2) is 23.0 Å². The highest BCUT2D eigenvalue weighted by atomic mass is 32.1. The zero-order valence-corrected chi connectivity index (χ0v) is 15.5. The number of ether oxygens (including phenoxy) is 1. The first kappa shape index (κ1) is 17.2. The van der Waals surface area contributed by atoms with Crippen LogP contribution in [0.25, 0.3) is 10.2 Å². The monoisotopic (exact) mass is 375 g/mol. The number of pyridine rings is 1. The first-order valence-corrected chi connectivity index (χ1v) is 9.27. The lowest BCUT2D eigenvalue weighted by Gasteiger charge is -2.19. The minimum absolute atomic E-state index is 0.104. The molecule has 2 aromatic carbocycles. The summed E-state index contributed by atoms with van der Waals surface area (Å²) in [4.78, 5) is 23.9. The molecular formula is C21H17N3O2S. The molecule has 134 valence electrons.